The van der Waals surface area contributed by atoms with Gasteiger partial charge in [0.05, 0.1) is 12.5 Å². The molecule has 2 heterocycles. The number of rotatable bonds is 3. The highest BCUT2D eigenvalue weighted by atomic mass is 16.2. The largest absolute Gasteiger partial charge is 0.344 e. The minimum absolute atomic E-state index is 0.0895. The van der Waals surface area contributed by atoms with E-state index in [0.717, 1.165) is 36.5 Å². The number of nitrogens with zero attached hydrogens (tertiary/aromatic N) is 2. The SMILES string of the molecule is Cc1cnc([C@H]2CCCN2C(=O)Cc2ccc3ccccc3c2)[nH]1. The Morgan fingerprint density at radius 3 is 2.88 bits per heavy atom. The zero-order chi connectivity index (χ0) is 16.5. The molecule has 0 saturated carbocycles. The Kier molecular flexibility index (Phi) is 3.81. The van der Waals surface area contributed by atoms with Crippen molar-refractivity contribution in [3.8, 4) is 0 Å². The second-order valence-electron chi connectivity index (χ2n) is 6.55. The Morgan fingerprint density at radius 2 is 2.08 bits per heavy atom. The lowest BCUT2D eigenvalue weighted by molar-refractivity contribution is -0.131. The van der Waals surface area contributed by atoms with Crippen LogP contribution >= 0.6 is 0 Å². The summed E-state index contributed by atoms with van der Waals surface area (Å²) in [5, 5.41) is 2.39. The van der Waals surface area contributed by atoms with Crippen molar-refractivity contribution in [2.24, 2.45) is 0 Å². The van der Waals surface area contributed by atoms with Crippen LogP contribution in [0.2, 0.25) is 0 Å². The van der Waals surface area contributed by atoms with Crippen molar-refractivity contribution in [1.82, 2.24) is 14.9 Å². The van der Waals surface area contributed by atoms with Gasteiger partial charge in [0.2, 0.25) is 5.91 Å². The van der Waals surface area contributed by atoms with Crippen molar-refractivity contribution < 1.29 is 4.79 Å². The van der Waals surface area contributed by atoms with Gasteiger partial charge < -0.3 is 9.88 Å². The first-order valence-electron chi connectivity index (χ1n) is 8.49. The van der Waals surface area contributed by atoms with Gasteiger partial charge in [0.1, 0.15) is 5.82 Å². The molecule has 0 radical (unpaired) electrons. The molecule has 3 aromatic rings. The van der Waals surface area contributed by atoms with Crippen molar-refractivity contribution in [3.63, 3.8) is 0 Å². The maximum Gasteiger partial charge on any atom is 0.227 e. The Hall–Kier alpha value is -2.62. The van der Waals surface area contributed by atoms with E-state index in [1.165, 1.54) is 10.8 Å². The van der Waals surface area contributed by atoms with Crippen LogP contribution < -0.4 is 0 Å². The van der Waals surface area contributed by atoms with Gasteiger partial charge in [0.25, 0.3) is 0 Å². The smallest absolute Gasteiger partial charge is 0.227 e. The van der Waals surface area contributed by atoms with Crippen LogP contribution in [-0.2, 0) is 11.2 Å². The molecule has 4 rings (SSSR count). The number of imidazole rings is 1. The highest BCUT2D eigenvalue weighted by molar-refractivity contribution is 5.85. The topological polar surface area (TPSA) is 49.0 Å². The quantitative estimate of drug-likeness (QED) is 0.799. The maximum absolute atomic E-state index is 12.8. The van der Waals surface area contributed by atoms with Crippen LogP contribution in [0, 0.1) is 6.92 Å². The summed E-state index contributed by atoms with van der Waals surface area (Å²) in [4.78, 5) is 22.5. The zero-order valence-corrected chi connectivity index (χ0v) is 13.8. The minimum Gasteiger partial charge on any atom is -0.344 e. The summed E-state index contributed by atoms with van der Waals surface area (Å²) < 4.78 is 0. The van der Waals surface area contributed by atoms with Crippen LogP contribution in [0.5, 0.6) is 0 Å². The average Bonchev–Trinajstić information content (AvgIpc) is 3.23. The van der Waals surface area contributed by atoms with E-state index in [9.17, 15) is 4.79 Å². The second kappa shape index (κ2) is 6.11. The standard InChI is InChI=1S/C20H21N3O/c1-14-13-21-20(22-14)18-7-4-10-23(18)19(24)12-15-8-9-16-5-2-3-6-17(16)11-15/h2-3,5-6,8-9,11,13,18H,4,7,10,12H2,1H3,(H,21,22)/t18-/m1/s1. The van der Waals surface area contributed by atoms with Gasteiger partial charge in [-0.15, -0.1) is 0 Å². The number of aromatic amines is 1. The van der Waals surface area contributed by atoms with Gasteiger partial charge in [-0.2, -0.15) is 0 Å². The number of hydrogen-bond acceptors (Lipinski definition) is 2. The molecule has 1 amide bonds. The molecule has 0 spiro atoms. The van der Waals surface area contributed by atoms with Crippen LogP contribution in [-0.4, -0.2) is 27.3 Å². The van der Waals surface area contributed by atoms with Crippen molar-refractivity contribution in [2.75, 3.05) is 6.54 Å². The summed E-state index contributed by atoms with van der Waals surface area (Å²) >= 11 is 0. The fourth-order valence-corrected chi connectivity index (χ4v) is 3.58. The predicted octanol–water partition coefficient (Wildman–Crippen LogP) is 3.78. The van der Waals surface area contributed by atoms with E-state index in [2.05, 4.69) is 40.3 Å². The molecule has 4 heteroatoms. The molecule has 1 atom stereocenters. The van der Waals surface area contributed by atoms with E-state index in [-0.39, 0.29) is 11.9 Å². The van der Waals surface area contributed by atoms with Gasteiger partial charge in [-0.25, -0.2) is 4.98 Å². The minimum atomic E-state index is 0.0895. The first-order valence-corrected chi connectivity index (χ1v) is 8.49. The third-order valence-electron chi connectivity index (χ3n) is 4.78. The van der Waals surface area contributed by atoms with Gasteiger partial charge in [-0.1, -0.05) is 42.5 Å². The van der Waals surface area contributed by atoms with Crippen LogP contribution in [0.3, 0.4) is 0 Å². The van der Waals surface area contributed by atoms with Gasteiger partial charge in [-0.3, -0.25) is 4.79 Å². The highest BCUT2D eigenvalue weighted by Crippen LogP contribution is 2.30. The number of amides is 1. The van der Waals surface area contributed by atoms with E-state index < -0.39 is 0 Å². The van der Waals surface area contributed by atoms with Crippen LogP contribution in [0.25, 0.3) is 10.8 Å². The molecule has 0 unspecified atom stereocenters. The van der Waals surface area contributed by atoms with Gasteiger partial charge in [0, 0.05) is 18.4 Å². The average molecular weight is 319 g/mol. The van der Waals surface area contributed by atoms with E-state index >= 15 is 0 Å². The number of aromatic nitrogens is 2. The summed E-state index contributed by atoms with van der Waals surface area (Å²) in [6.45, 7) is 2.81. The van der Waals surface area contributed by atoms with Crippen LogP contribution in [0.15, 0.2) is 48.7 Å². The molecular formula is C20H21N3O. The third-order valence-corrected chi connectivity index (χ3v) is 4.78. The van der Waals surface area contributed by atoms with E-state index in [1.807, 2.05) is 30.2 Å². The normalized spacial score (nSPS) is 17.5. The van der Waals surface area contributed by atoms with Gasteiger partial charge >= 0.3 is 0 Å². The lowest BCUT2D eigenvalue weighted by Crippen LogP contribution is -2.32. The monoisotopic (exact) mass is 319 g/mol. The predicted molar refractivity (Wildman–Crippen MR) is 94.7 cm³/mol. The fourth-order valence-electron chi connectivity index (χ4n) is 3.58. The molecule has 1 aromatic heterocycles. The van der Waals surface area contributed by atoms with Crippen molar-refractivity contribution in [1.29, 1.82) is 0 Å². The number of fused-ring (bicyclic) bond motifs is 1. The van der Waals surface area contributed by atoms with Crippen LogP contribution in [0.4, 0.5) is 0 Å². The lowest BCUT2D eigenvalue weighted by Gasteiger charge is -2.23. The molecule has 0 aliphatic carbocycles. The van der Waals surface area contributed by atoms with Crippen molar-refractivity contribution in [3.05, 3.63) is 65.7 Å². The molecular weight excluding hydrogens is 298 g/mol. The summed E-state index contributed by atoms with van der Waals surface area (Å²) in [5.41, 5.74) is 2.11. The molecule has 1 fully saturated rings. The molecule has 0 bridgehead atoms. The molecule has 2 aromatic carbocycles. The molecule has 122 valence electrons. The van der Waals surface area contributed by atoms with E-state index in [0.29, 0.717) is 6.42 Å². The Labute approximate surface area is 141 Å². The molecule has 1 aliphatic rings. The molecule has 4 nitrogen and oxygen atoms in total. The van der Waals surface area contributed by atoms with Gasteiger partial charge in [0.15, 0.2) is 0 Å². The first kappa shape index (κ1) is 14.9. The highest BCUT2D eigenvalue weighted by Gasteiger charge is 2.31. The van der Waals surface area contributed by atoms with E-state index in [4.69, 9.17) is 0 Å². The number of hydrogen-bond donors (Lipinski definition) is 1. The molecule has 24 heavy (non-hydrogen) atoms. The van der Waals surface area contributed by atoms with Crippen LogP contribution in [0.1, 0.15) is 36.0 Å². The summed E-state index contributed by atoms with van der Waals surface area (Å²) in [7, 11) is 0. The second-order valence-corrected chi connectivity index (χ2v) is 6.55. The number of H-pyrrole nitrogens is 1. The summed E-state index contributed by atoms with van der Waals surface area (Å²) in [5.74, 6) is 1.10. The maximum atomic E-state index is 12.8. The molecule has 1 aliphatic heterocycles. The van der Waals surface area contributed by atoms with E-state index in [1.54, 1.807) is 0 Å². The Morgan fingerprint density at radius 1 is 1.25 bits per heavy atom. The zero-order valence-electron chi connectivity index (χ0n) is 13.8. The number of carbonyl (C=O) groups excluding carboxylic acids is 1. The molecule has 1 saturated heterocycles. The number of carbonyl (C=O) groups is 1. The number of aryl methyl sites for hydroxylation is 1. The molecule has 1 N–H and O–H groups in total. The fraction of sp³-hybridized carbons (Fsp3) is 0.300. The Bertz CT molecular complexity index is 883. The number of likely N-dealkylation sites (tertiary alicyclic amines) is 1. The Balaban J connectivity index is 1.54. The van der Waals surface area contributed by atoms with Crippen molar-refractivity contribution in [2.45, 2.75) is 32.2 Å². The van der Waals surface area contributed by atoms with Gasteiger partial charge in [-0.05, 0) is 36.1 Å². The third kappa shape index (κ3) is 2.80. The number of nitrogens with one attached hydrogen (secondary N) is 1. The summed E-state index contributed by atoms with van der Waals surface area (Å²) in [6, 6.07) is 14.6. The first-order chi connectivity index (χ1) is 11.7. The van der Waals surface area contributed by atoms with Crippen molar-refractivity contribution >= 4 is 16.7 Å². The lowest BCUT2D eigenvalue weighted by atomic mass is 10.0. The summed E-state index contributed by atoms with van der Waals surface area (Å²) in [6.07, 6.45) is 4.30. The number of benzene rings is 2.